The Morgan fingerprint density at radius 1 is 1.31 bits per heavy atom. The van der Waals surface area contributed by atoms with Crippen LogP contribution in [0.5, 0.6) is 0 Å². The molecule has 0 amide bonds. The fraction of sp³-hybridized carbons (Fsp3) is 0.455. The number of benzene rings is 1. The number of aryl methyl sites for hydroxylation is 1. The zero-order valence-electron chi connectivity index (χ0n) is 9.26. The lowest BCUT2D eigenvalue weighted by molar-refractivity contribution is 0.279. The molecule has 0 saturated heterocycles. The van der Waals surface area contributed by atoms with Crippen molar-refractivity contribution in [3.8, 4) is 0 Å². The molecule has 4 nitrogen and oxygen atoms in total. The Balaban J connectivity index is 2.82. The molecule has 0 radical (unpaired) electrons. The smallest absolute Gasteiger partial charge is 0.179 e. The molecule has 3 N–H and O–H groups in total. The van der Waals surface area contributed by atoms with Crippen molar-refractivity contribution in [2.45, 2.75) is 24.3 Å². The van der Waals surface area contributed by atoms with Crippen LogP contribution >= 0.6 is 0 Å². The van der Waals surface area contributed by atoms with E-state index in [9.17, 15) is 8.42 Å². The minimum Gasteiger partial charge on any atom is -0.396 e. The number of sulfone groups is 1. The Bertz CT molecular complexity index is 425. The van der Waals surface area contributed by atoms with E-state index in [-0.39, 0.29) is 17.3 Å². The molecule has 1 atom stereocenters. The summed E-state index contributed by atoms with van der Waals surface area (Å²) in [4.78, 5) is 0.284. The Morgan fingerprint density at radius 3 is 2.38 bits per heavy atom. The molecule has 5 heteroatoms. The summed E-state index contributed by atoms with van der Waals surface area (Å²) in [5.74, 6) is -0.128. The quantitative estimate of drug-likeness (QED) is 0.788. The van der Waals surface area contributed by atoms with Crippen LogP contribution in [0.1, 0.15) is 12.0 Å². The maximum atomic E-state index is 11.9. The van der Waals surface area contributed by atoms with Gasteiger partial charge in [0.15, 0.2) is 9.84 Å². The second kappa shape index (κ2) is 5.43. The summed E-state index contributed by atoms with van der Waals surface area (Å²) in [7, 11) is -3.33. The molecule has 0 bridgehead atoms. The van der Waals surface area contributed by atoms with E-state index >= 15 is 0 Å². The Hall–Kier alpha value is -0.910. The molecule has 0 heterocycles. The van der Waals surface area contributed by atoms with Crippen LogP contribution < -0.4 is 5.73 Å². The lowest BCUT2D eigenvalue weighted by atomic mass is 10.2. The van der Waals surface area contributed by atoms with Gasteiger partial charge in [0.2, 0.25) is 0 Å². The van der Waals surface area contributed by atoms with E-state index in [0.29, 0.717) is 6.42 Å². The van der Waals surface area contributed by atoms with Crippen molar-refractivity contribution in [3.63, 3.8) is 0 Å². The Labute approximate surface area is 96.0 Å². The maximum absolute atomic E-state index is 11.9. The van der Waals surface area contributed by atoms with Gasteiger partial charge in [-0.25, -0.2) is 8.42 Å². The van der Waals surface area contributed by atoms with Gasteiger partial charge in [-0.05, 0) is 25.5 Å². The van der Waals surface area contributed by atoms with Gasteiger partial charge >= 0.3 is 0 Å². The van der Waals surface area contributed by atoms with Crippen LogP contribution in [0.4, 0.5) is 0 Å². The molecule has 0 aliphatic rings. The molecular weight excluding hydrogens is 226 g/mol. The van der Waals surface area contributed by atoms with Crippen LogP contribution in [0, 0.1) is 6.92 Å². The summed E-state index contributed by atoms with van der Waals surface area (Å²) < 4.78 is 23.7. The van der Waals surface area contributed by atoms with Crippen molar-refractivity contribution in [2.75, 3.05) is 12.4 Å². The van der Waals surface area contributed by atoms with E-state index in [1.165, 1.54) is 0 Å². The van der Waals surface area contributed by atoms with Crippen molar-refractivity contribution in [1.29, 1.82) is 0 Å². The monoisotopic (exact) mass is 243 g/mol. The van der Waals surface area contributed by atoms with Gasteiger partial charge in [0.25, 0.3) is 0 Å². The first-order valence-electron chi connectivity index (χ1n) is 5.11. The van der Waals surface area contributed by atoms with Crippen LogP contribution in [0.3, 0.4) is 0 Å². The molecule has 0 fully saturated rings. The molecule has 0 aliphatic heterocycles. The predicted molar refractivity (Wildman–Crippen MR) is 62.9 cm³/mol. The highest BCUT2D eigenvalue weighted by Crippen LogP contribution is 2.13. The van der Waals surface area contributed by atoms with Crippen molar-refractivity contribution >= 4 is 9.84 Å². The van der Waals surface area contributed by atoms with E-state index in [1.807, 2.05) is 6.92 Å². The van der Waals surface area contributed by atoms with E-state index in [0.717, 1.165) is 5.56 Å². The summed E-state index contributed by atoms with van der Waals surface area (Å²) in [6, 6.07) is 6.15. The molecule has 0 aromatic heterocycles. The normalized spacial score (nSPS) is 13.7. The zero-order chi connectivity index (χ0) is 12.2. The third-order valence-electron chi connectivity index (χ3n) is 2.31. The standard InChI is InChI=1S/C11H17NO3S/c1-9-2-4-11(5-3-9)16(14,15)8-10(12)6-7-13/h2-5,10,13H,6-8,12H2,1H3. The summed E-state index contributed by atoms with van der Waals surface area (Å²) in [6.07, 6.45) is 0.297. The van der Waals surface area contributed by atoms with E-state index in [4.69, 9.17) is 10.8 Å². The first-order chi connectivity index (χ1) is 7.45. The van der Waals surface area contributed by atoms with Gasteiger partial charge in [-0.15, -0.1) is 0 Å². The van der Waals surface area contributed by atoms with Gasteiger partial charge in [0, 0.05) is 12.6 Å². The predicted octanol–water partition coefficient (Wildman–Crippen LogP) is 0.478. The van der Waals surface area contributed by atoms with Gasteiger partial charge in [-0.3, -0.25) is 0 Å². The summed E-state index contributed by atoms with van der Waals surface area (Å²) >= 11 is 0. The van der Waals surface area contributed by atoms with Crippen LogP contribution in [0.25, 0.3) is 0 Å². The molecule has 1 rings (SSSR count). The van der Waals surface area contributed by atoms with E-state index in [1.54, 1.807) is 24.3 Å². The number of hydrogen-bond donors (Lipinski definition) is 2. The van der Waals surface area contributed by atoms with Crippen LogP contribution in [0.15, 0.2) is 29.2 Å². The Morgan fingerprint density at radius 2 is 1.88 bits per heavy atom. The largest absolute Gasteiger partial charge is 0.396 e. The second-order valence-electron chi connectivity index (χ2n) is 3.87. The van der Waals surface area contributed by atoms with Crippen LogP contribution in [0.2, 0.25) is 0 Å². The number of nitrogens with two attached hydrogens (primary N) is 1. The van der Waals surface area contributed by atoms with Gasteiger partial charge in [0.1, 0.15) is 0 Å². The minimum absolute atomic E-state index is 0.0927. The molecule has 0 spiro atoms. The molecular formula is C11H17NO3S. The first-order valence-corrected chi connectivity index (χ1v) is 6.77. The number of aliphatic hydroxyl groups excluding tert-OH is 1. The fourth-order valence-electron chi connectivity index (χ4n) is 1.37. The van der Waals surface area contributed by atoms with Crippen molar-refractivity contribution in [3.05, 3.63) is 29.8 Å². The second-order valence-corrected chi connectivity index (χ2v) is 5.90. The van der Waals surface area contributed by atoms with Crippen LogP contribution in [-0.2, 0) is 9.84 Å². The van der Waals surface area contributed by atoms with E-state index < -0.39 is 15.9 Å². The fourth-order valence-corrected chi connectivity index (χ4v) is 2.85. The van der Waals surface area contributed by atoms with Gasteiger partial charge in [0.05, 0.1) is 10.6 Å². The van der Waals surface area contributed by atoms with Gasteiger partial charge in [-0.1, -0.05) is 17.7 Å². The van der Waals surface area contributed by atoms with E-state index in [2.05, 4.69) is 0 Å². The molecule has 16 heavy (non-hydrogen) atoms. The average molecular weight is 243 g/mol. The summed E-state index contributed by atoms with van der Waals surface area (Å²) in [5.41, 5.74) is 6.61. The third kappa shape index (κ3) is 3.59. The first kappa shape index (κ1) is 13.2. The third-order valence-corrected chi connectivity index (χ3v) is 4.17. The molecule has 1 aromatic carbocycles. The van der Waals surface area contributed by atoms with Gasteiger partial charge in [-0.2, -0.15) is 0 Å². The van der Waals surface area contributed by atoms with Crippen molar-refractivity contribution < 1.29 is 13.5 Å². The maximum Gasteiger partial charge on any atom is 0.179 e. The molecule has 1 unspecified atom stereocenters. The SMILES string of the molecule is Cc1ccc(S(=O)(=O)CC(N)CCO)cc1. The summed E-state index contributed by atoms with van der Waals surface area (Å²) in [6.45, 7) is 1.80. The highest BCUT2D eigenvalue weighted by atomic mass is 32.2. The topological polar surface area (TPSA) is 80.4 Å². The van der Waals surface area contributed by atoms with Gasteiger partial charge < -0.3 is 10.8 Å². The minimum atomic E-state index is -3.33. The number of aliphatic hydroxyl groups is 1. The highest BCUT2D eigenvalue weighted by molar-refractivity contribution is 7.91. The zero-order valence-corrected chi connectivity index (χ0v) is 10.1. The molecule has 1 aromatic rings. The Kier molecular flexibility index (Phi) is 4.46. The van der Waals surface area contributed by atoms with Crippen molar-refractivity contribution in [2.24, 2.45) is 5.73 Å². The number of hydrogen-bond acceptors (Lipinski definition) is 4. The molecule has 90 valence electrons. The van der Waals surface area contributed by atoms with Crippen LogP contribution in [-0.4, -0.2) is 31.9 Å². The highest BCUT2D eigenvalue weighted by Gasteiger charge is 2.18. The average Bonchev–Trinajstić information content (AvgIpc) is 2.17. The lowest BCUT2D eigenvalue weighted by Gasteiger charge is -2.10. The molecule has 0 aliphatic carbocycles. The summed E-state index contributed by atoms with van der Waals surface area (Å²) in [5, 5.41) is 8.67. The van der Waals surface area contributed by atoms with Crippen molar-refractivity contribution in [1.82, 2.24) is 0 Å². The molecule has 0 saturated carbocycles. The number of rotatable bonds is 5. The lowest BCUT2D eigenvalue weighted by Crippen LogP contribution is -2.30.